The lowest BCUT2D eigenvalue weighted by Gasteiger charge is -2.36. The second-order valence-electron chi connectivity index (χ2n) is 7.26. The van der Waals surface area contributed by atoms with Gasteiger partial charge in [0.25, 0.3) is 0 Å². The van der Waals surface area contributed by atoms with Crippen molar-refractivity contribution in [3.63, 3.8) is 0 Å². The van der Waals surface area contributed by atoms with Crippen molar-refractivity contribution >= 4 is 27.0 Å². The lowest BCUT2D eigenvalue weighted by molar-refractivity contribution is 0.403. The fourth-order valence-electron chi connectivity index (χ4n) is 3.32. The fourth-order valence-corrected chi connectivity index (χ4v) is 11.8. The summed E-state index contributed by atoms with van der Waals surface area (Å²) in [5, 5.41) is 2.15. The molecule has 0 radical (unpaired) electrons. The van der Waals surface area contributed by atoms with Crippen LogP contribution in [0.2, 0.25) is 26.2 Å². The molecule has 5 nitrogen and oxygen atoms in total. The van der Waals surface area contributed by atoms with Crippen LogP contribution in [-0.2, 0) is 4.12 Å². The standard InChI is InChI=1S/C20H30O5Si2/c1-21-15-9-11-17(23-3)19(13-15)26(5,6)25-27(7,8)20-14-16(22-2)10-12-18(20)24-4/h9-14H,1-8H3. The van der Waals surface area contributed by atoms with Gasteiger partial charge in [0.2, 0.25) is 16.6 Å². The van der Waals surface area contributed by atoms with Gasteiger partial charge in [-0.2, -0.15) is 0 Å². The summed E-state index contributed by atoms with van der Waals surface area (Å²) >= 11 is 0. The summed E-state index contributed by atoms with van der Waals surface area (Å²) in [5.41, 5.74) is 0. The third-order valence-electron chi connectivity index (χ3n) is 4.62. The second-order valence-corrected chi connectivity index (χ2v) is 15.2. The van der Waals surface area contributed by atoms with Crippen molar-refractivity contribution in [1.29, 1.82) is 0 Å². The molecule has 0 saturated carbocycles. The van der Waals surface area contributed by atoms with Crippen LogP contribution in [0.5, 0.6) is 23.0 Å². The van der Waals surface area contributed by atoms with E-state index in [2.05, 4.69) is 26.2 Å². The molecule has 0 aliphatic heterocycles. The van der Waals surface area contributed by atoms with Crippen LogP contribution in [-0.4, -0.2) is 45.1 Å². The molecule has 148 valence electrons. The van der Waals surface area contributed by atoms with Crippen LogP contribution in [0, 0.1) is 0 Å². The lowest BCUT2D eigenvalue weighted by atomic mass is 10.3. The zero-order chi connectivity index (χ0) is 20.2. The van der Waals surface area contributed by atoms with Gasteiger partial charge in [0, 0.05) is 10.4 Å². The van der Waals surface area contributed by atoms with Crippen molar-refractivity contribution in [2.75, 3.05) is 28.4 Å². The first-order valence-electron chi connectivity index (χ1n) is 8.83. The monoisotopic (exact) mass is 406 g/mol. The Hall–Kier alpha value is -1.97. The van der Waals surface area contributed by atoms with Gasteiger partial charge in [0.15, 0.2) is 0 Å². The molecular weight excluding hydrogens is 376 g/mol. The van der Waals surface area contributed by atoms with Crippen molar-refractivity contribution in [3.8, 4) is 23.0 Å². The van der Waals surface area contributed by atoms with Gasteiger partial charge in [-0.1, -0.05) is 0 Å². The van der Waals surface area contributed by atoms with Crippen LogP contribution in [0.1, 0.15) is 0 Å². The summed E-state index contributed by atoms with van der Waals surface area (Å²) < 4.78 is 28.9. The van der Waals surface area contributed by atoms with E-state index in [-0.39, 0.29) is 0 Å². The van der Waals surface area contributed by atoms with E-state index >= 15 is 0 Å². The largest absolute Gasteiger partial charge is 0.497 e. The Morgan fingerprint density at radius 2 is 0.926 bits per heavy atom. The minimum Gasteiger partial charge on any atom is -0.497 e. The highest BCUT2D eigenvalue weighted by Gasteiger charge is 2.39. The zero-order valence-corrected chi connectivity index (χ0v) is 19.5. The van der Waals surface area contributed by atoms with Crippen LogP contribution < -0.4 is 29.3 Å². The molecule has 0 atom stereocenters. The Morgan fingerprint density at radius 1 is 0.556 bits per heavy atom. The van der Waals surface area contributed by atoms with E-state index in [9.17, 15) is 0 Å². The summed E-state index contributed by atoms with van der Waals surface area (Å²) in [6.07, 6.45) is 0. The predicted octanol–water partition coefficient (Wildman–Crippen LogP) is 3.26. The van der Waals surface area contributed by atoms with Gasteiger partial charge >= 0.3 is 0 Å². The van der Waals surface area contributed by atoms with E-state index in [4.69, 9.17) is 23.1 Å². The van der Waals surface area contributed by atoms with Crippen molar-refractivity contribution in [2.45, 2.75) is 26.2 Å². The number of hydrogen-bond donors (Lipinski definition) is 0. The first-order chi connectivity index (χ1) is 12.7. The molecule has 0 N–H and O–H groups in total. The molecule has 2 aromatic rings. The molecule has 2 rings (SSSR count). The fraction of sp³-hybridized carbons (Fsp3) is 0.400. The quantitative estimate of drug-likeness (QED) is 0.630. The minimum atomic E-state index is -2.31. The highest BCUT2D eigenvalue weighted by atomic mass is 28.4. The van der Waals surface area contributed by atoms with Crippen LogP contribution in [0.25, 0.3) is 0 Å². The molecule has 7 heteroatoms. The molecule has 0 aliphatic rings. The third-order valence-corrected chi connectivity index (χ3v) is 12.1. The highest BCUT2D eigenvalue weighted by Crippen LogP contribution is 2.26. The number of ether oxygens (including phenoxy) is 4. The Balaban J connectivity index is 2.47. The topological polar surface area (TPSA) is 46.2 Å². The van der Waals surface area contributed by atoms with Crippen LogP contribution >= 0.6 is 0 Å². The molecule has 0 amide bonds. The first kappa shape index (κ1) is 21.3. The molecule has 0 aromatic heterocycles. The average molecular weight is 407 g/mol. The number of methoxy groups -OCH3 is 4. The summed E-state index contributed by atoms with van der Waals surface area (Å²) in [4.78, 5) is 0. The molecule has 2 aromatic carbocycles. The Bertz CT molecular complexity index is 724. The maximum Gasteiger partial charge on any atom is 0.210 e. The van der Waals surface area contributed by atoms with Crippen LogP contribution in [0.3, 0.4) is 0 Å². The predicted molar refractivity (Wildman–Crippen MR) is 114 cm³/mol. The Labute approximate surface area is 164 Å². The minimum absolute atomic E-state index is 0.799. The average Bonchev–Trinajstić information content (AvgIpc) is 2.66. The van der Waals surface area contributed by atoms with Crippen molar-refractivity contribution < 1.29 is 23.1 Å². The number of benzene rings is 2. The molecule has 0 spiro atoms. The van der Waals surface area contributed by atoms with Crippen molar-refractivity contribution in [1.82, 2.24) is 0 Å². The molecular formula is C20H30O5Si2. The number of rotatable bonds is 8. The third kappa shape index (κ3) is 4.66. The van der Waals surface area contributed by atoms with E-state index in [1.54, 1.807) is 28.4 Å². The number of hydrogen-bond acceptors (Lipinski definition) is 5. The van der Waals surface area contributed by atoms with E-state index in [1.807, 2.05) is 36.4 Å². The van der Waals surface area contributed by atoms with Gasteiger partial charge in [-0.3, -0.25) is 0 Å². The molecule has 0 saturated heterocycles. The van der Waals surface area contributed by atoms with Gasteiger partial charge in [-0.05, 0) is 62.6 Å². The first-order valence-corrected chi connectivity index (χ1v) is 14.7. The van der Waals surface area contributed by atoms with E-state index in [0.717, 1.165) is 33.4 Å². The van der Waals surface area contributed by atoms with Crippen molar-refractivity contribution in [2.24, 2.45) is 0 Å². The Morgan fingerprint density at radius 3 is 1.22 bits per heavy atom. The SMILES string of the molecule is COc1ccc(OC)c([Si](C)(C)O[Si](C)(C)c2cc(OC)ccc2OC)c1. The van der Waals surface area contributed by atoms with Gasteiger partial charge in [0.1, 0.15) is 23.0 Å². The van der Waals surface area contributed by atoms with Crippen LogP contribution in [0.4, 0.5) is 0 Å². The maximum absolute atomic E-state index is 6.89. The van der Waals surface area contributed by atoms with Gasteiger partial charge in [0.05, 0.1) is 28.4 Å². The van der Waals surface area contributed by atoms with Gasteiger partial charge in [-0.15, -0.1) is 0 Å². The highest BCUT2D eigenvalue weighted by molar-refractivity contribution is 6.97. The normalized spacial score (nSPS) is 11.9. The summed E-state index contributed by atoms with van der Waals surface area (Å²) in [5.74, 6) is 3.26. The van der Waals surface area contributed by atoms with E-state index in [0.29, 0.717) is 0 Å². The molecule has 0 heterocycles. The zero-order valence-electron chi connectivity index (χ0n) is 17.5. The smallest absolute Gasteiger partial charge is 0.210 e. The molecule has 0 unspecified atom stereocenters. The van der Waals surface area contributed by atoms with E-state index < -0.39 is 16.6 Å². The molecule has 0 aliphatic carbocycles. The summed E-state index contributed by atoms with van der Waals surface area (Å²) in [7, 11) is 2.08. The lowest BCUT2D eigenvalue weighted by Crippen LogP contribution is -2.58. The Kier molecular flexibility index (Phi) is 6.61. The molecule has 0 fully saturated rings. The maximum atomic E-state index is 6.89. The van der Waals surface area contributed by atoms with Gasteiger partial charge < -0.3 is 23.1 Å². The van der Waals surface area contributed by atoms with Crippen LogP contribution in [0.15, 0.2) is 36.4 Å². The molecule has 0 bridgehead atoms. The summed E-state index contributed by atoms with van der Waals surface area (Å²) in [6.45, 7) is 8.74. The van der Waals surface area contributed by atoms with Gasteiger partial charge in [-0.25, -0.2) is 0 Å². The second kappa shape index (κ2) is 8.37. The summed E-state index contributed by atoms with van der Waals surface area (Å²) in [6, 6.07) is 11.7. The molecule has 27 heavy (non-hydrogen) atoms. The van der Waals surface area contributed by atoms with Crippen molar-refractivity contribution in [3.05, 3.63) is 36.4 Å². The van der Waals surface area contributed by atoms with E-state index in [1.165, 1.54) is 0 Å².